The van der Waals surface area contributed by atoms with Crippen molar-refractivity contribution < 1.29 is 4.79 Å². The van der Waals surface area contributed by atoms with Gasteiger partial charge in [-0.15, -0.1) is 10.2 Å². The highest BCUT2D eigenvalue weighted by Gasteiger charge is 2.31. The van der Waals surface area contributed by atoms with E-state index in [0.717, 1.165) is 43.1 Å². The Morgan fingerprint density at radius 3 is 2.67 bits per heavy atom. The SMILES string of the molecule is O=C(NC1CCc2nnc(C3CC3)n2CC1)c1ccc(-n2cccn2)cc1. The monoisotopic (exact) mass is 362 g/mol. The number of amides is 1. The number of aromatic nitrogens is 5. The van der Waals surface area contributed by atoms with Crippen molar-refractivity contribution >= 4 is 5.91 Å². The van der Waals surface area contributed by atoms with Crippen molar-refractivity contribution in [2.45, 2.75) is 50.6 Å². The largest absolute Gasteiger partial charge is 0.349 e. The van der Waals surface area contributed by atoms with Gasteiger partial charge in [0.25, 0.3) is 5.91 Å². The number of carbonyl (C=O) groups is 1. The Kier molecular flexibility index (Phi) is 3.99. The van der Waals surface area contributed by atoms with Gasteiger partial charge in [-0.25, -0.2) is 4.68 Å². The van der Waals surface area contributed by atoms with Crippen molar-refractivity contribution in [3.8, 4) is 5.69 Å². The Labute approximate surface area is 157 Å². The quantitative estimate of drug-likeness (QED) is 0.773. The first-order chi connectivity index (χ1) is 13.3. The second kappa shape index (κ2) is 6.64. The molecule has 1 N–H and O–H groups in total. The third-order valence-corrected chi connectivity index (χ3v) is 5.45. The molecule has 3 aromatic rings. The predicted molar refractivity (Wildman–Crippen MR) is 99.8 cm³/mol. The fourth-order valence-corrected chi connectivity index (χ4v) is 3.75. The molecule has 0 spiro atoms. The van der Waals surface area contributed by atoms with Gasteiger partial charge in [0.15, 0.2) is 0 Å². The molecule has 0 radical (unpaired) electrons. The fraction of sp³-hybridized carbons (Fsp3) is 0.400. The second-order valence-electron chi connectivity index (χ2n) is 7.40. The van der Waals surface area contributed by atoms with Gasteiger partial charge in [0, 0.05) is 42.9 Å². The first-order valence-corrected chi connectivity index (χ1v) is 9.61. The molecule has 1 amide bonds. The highest BCUT2D eigenvalue weighted by atomic mass is 16.1. The smallest absolute Gasteiger partial charge is 0.251 e. The number of aryl methyl sites for hydroxylation is 1. The van der Waals surface area contributed by atoms with Crippen LogP contribution in [0.4, 0.5) is 0 Å². The minimum atomic E-state index is -0.0212. The molecular formula is C20H22N6O. The molecule has 1 aliphatic carbocycles. The van der Waals surface area contributed by atoms with Gasteiger partial charge in [-0.1, -0.05) is 0 Å². The zero-order valence-electron chi connectivity index (χ0n) is 15.1. The van der Waals surface area contributed by atoms with Crippen molar-refractivity contribution in [3.05, 3.63) is 59.9 Å². The van der Waals surface area contributed by atoms with Crippen LogP contribution in [-0.2, 0) is 13.0 Å². The van der Waals surface area contributed by atoms with Crippen LogP contribution < -0.4 is 5.32 Å². The molecule has 1 atom stereocenters. The molecule has 1 unspecified atom stereocenters. The average molecular weight is 362 g/mol. The van der Waals surface area contributed by atoms with Gasteiger partial charge in [-0.3, -0.25) is 4.79 Å². The fourth-order valence-electron chi connectivity index (χ4n) is 3.75. The van der Waals surface area contributed by atoms with Gasteiger partial charge in [0.2, 0.25) is 0 Å². The molecule has 2 aliphatic rings. The highest BCUT2D eigenvalue weighted by molar-refractivity contribution is 5.94. The summed E-state index contributed by atoms with van der Waals surface area (Å²) in [4.78, 5) is 12.7. The van der Waals surface area contributed by atoms with Crippen LogP contribution in [0.2, 0.25) is 0 Å². The summed E-state index contributed by atoms with van der Waals surface area (Å²) in [5.74, 6) is 2.79. The van der Waals surface area contributed by atoms with Crippen molar-refractivity contribution in [2.24, 2.45) is 0 Å². The van der Waals surface area contributed by atoms with E-state index in [1.54, 1.807) is 10.9 Å². The summed E-state index contributed by atoms with van der Waals surface area (Å²) in [6.45, 7) is 0.886. The first kappa shape index (κ1) is 16.2. The number of hydrogen-bond acceptors (Lipinski definition) is 4. The molecule has 27 heavy (non-hydrogen) atoms. The van der Waals surface area contributed by atoms with Crippen LogP contribution in [0.25, 0.3) is 5.69 Å². The molecule has 0 bridgehead atoms. The molecular weight excluding hydrogens is 340 g/mol. The lowest BCUT2D eigenvalue weighted by atomic mass is 10.1. The highest BCUT2D eigenvalue weighted by Crippen LogP contribution is 2.39. The van der Waals surface area contributed by atoms with Gasteiger partial charge in [0.1, 0.15) is 11.6 Å². The molecule has 1 aliphatic heterocycles. The summed E-state index contributed by atoms with van der Waals surface area (Å²) in [5, 5.41) is 16.2. The lowest BCUT2D eigenvalue weighted by molar-refractivity contribution is 0.0933. The van der Waals surface area contributed by atoms with Gasteiger partial charge < -0.3 is 9.88 Å². The number of benzene rings is 1. The molecule has 0 saturated heterocycles. The molecule has 2 aromatic heterocycles. The van der Waals surface area contributed by atoms with Crippen LogP contribution in [0.15, 0.2) is 42.7 Å². The number of rotatable bonds is 4. The van der Waals surface area contributed by atoms with Crippen molar-refractivity contribution in [1.82, 2.24) is 29.9 Å². The van der Waals surface area contributed by atoms with E-state index in [0.29, 0.717) is 11.5 Å². The van der Waals surface area contributed by atoms with E-state index in [4.69, 9.17) is 0 Å². The molecule has 138 valence electrons. The molecule has 7 heteroatoms. The summed E-state index contributed by atoms with van der Waals surface area (Å²) in [6.07, 6.45) is 8.76. The predicted octanol–water partition coefficient (Wildman–Crippen LogP) is 2.48. The Morgan fingerprint density at radius 1 is 1.07 bits per heavy atom. The van der Waals surface area contributed by atoms with Crippen LogP contribution in [0.1, 0.15) is 53.6 Å². The number of nitrogens with zero attached hydrogens (tertiary/aromatic N) is 5. The van der Waals surface area contributed by atoms with Crippen LogP contribution in [-0.4, -0.2) is 36.5 Å². The van der Waals surface area contributed by atoms with Crippen LogP contribution >= 0.6 is 0 Å². The lowest BCUT2D eigenvalue weighted by Crippen LogP contribution is -2.35. The van der Waals surface area contributed by atoms with Crippen LogP contribution in [0.3, 0.4) is 0 Å². The Balaban J connectivity index is 1.23. The van der Waals surface area contributed by atoms with Gasteiger partial charge in [-0.2, -0.15) is 5.10 Å². The van der Waals surface area contributed by atoms with E-state index in [1.807, 2.05) is 36.5 Å². The number of hydrogen-bond donors (Lipinski definition) is 1. The molecule has 1 fully saturated rings. The van der Waals surface area contributed by atoms with E-state index in [-0.39, 0.29) is 11.9 Å². The third-order valence-electron chi connectivity index (χ3n) is 5.45. The zero-order chi connectivity index (χ0) is 18.2. The van der Waals surface area contributed by atoms with E-state index in [9.17, 15) is 4.79 Å². The van der Waals surface area contributed by atoms with E-state index < -0.39 is 0 Å². The van der Waals surface area contributed by atoms with Crippen LogP contribution in [0.5, 0.6) is 0 Å². The molecule has 3 heterocycles. The Bertz CT molecular complexity index is 940. The summed E-state index contributed by atoms with van der Waals surface area (Å²) in [5.41, 5.74) is 1.62. The molecule has 7 nitrogen and oxygen atoms in total. The normalized spacial score (nSPS) is 19.3. The topological polar surface area (TPSA) is 77.6 Å². The Morgan fingerprint density at radius 2 is 1.93 bits per heavy atom. The van der Waals surface area contributed by atoms with E-state index in [2.05, 4.69) is 25.2 Å². The minimum absolute atomic E-state index is 0.0212. The van der Waals surface area contributed by atoms with Gasteiger partial charge in [0.05, 0.1) is 5.69 Å². The zero-order valence-corrected chi connectivity index (χ0v) is 15.1. The van der Waals surface area contributed by atoms with Crippen LogP contribution in [0, 0.1) is 0 Å². The van der Waals surface area contributed by atoms with Crippen molar-refractivity contribution in [1.29, 1.82) is 0 Å². The Hall–Kier alpha value is -2.96. The number of carbonyl (C=O) groups excluding carboxylic acids is 1. The average Bonchev–Trinajstić information content (AvgIpc) is 3.29. The first-order valence-electron chi connectivity index (χ1n) is 9.61. The number of fused-ring (bicyclic) bond motifs is 1. The summed E-state index contributed by atoms with van der Waals surface area (Å²) in [6, 6.07) is 9.57. The maximum Gasteiger partial charge on any atom is 0.251 e. The summed E-state index contributed by atoms with van der Waals surface area (Å²) < 4.78 is 4.06. The minimum Gasteiger partial charge on any atom is -0.349 e. The van der Waals surface area contributed by atoms with Crippen molar-refractivity contribution in [2.75, 3.05) is 0 Å². The number of nitrogens with one attached hydrogen (secondary N) is 1. The molecule has 1 saturated carbocycles. The summed E-state index contributed by atoms with van der Waals surface area (Å²) in [7, 11) is 0. The third kappa shape index (κ3) is 3.25. The van der Waals surface area contributed by atoms with Gasteiger partial charge >= 0.3 is 0 Å². The maximum absolute atomic E-state index is 12.7. The van der Waals surface area contributed by atoms with E-state index in [1.165, 1.54) is 12.8 Å². The lowest BCUT2D eigenvalue weighted by Gasteiger charge is -2.16. The second-order valence-corrected chi connectivity index (χ2v) is 7.40. The van der Waals surface area contributed by atoms with Crippen molar-refractivity contribution in [3.63, 3.8) is 0 Å². The molecule has 5 rings (SSSR count). The van der Waals surface area contributed by atoms with E-state index >= 15 is 0 Å². The summed E-state index contributed by atoms with van der Waals surface area (Å²) >= 11 is 0. The molecule has 1 aromatic carbocycles. The standard InChI is InChI=1S/C20H22N6O/c27-20(15-4-7-17(8-5-15)26-12-1-11-21-26)22-16-6-9-18-23-24-19(14-2-3-14)25(18)13-10-16/h1,4-5,7-8,11-12,14,16H,2-3,6,9-10,13H2,(H,22,27). The maximum atomic E-state index is 12.7. The van der Waals surface area contributed by atoms with Gasteiger partial charge in [-0.05, 0) is 56.0 Å².